The van der Waals surface area contributed by atoms with E-state index in [1.165, 1.54) is 58.0 Å². The molecule has 3 rings (SSSR count). The van der Waals surface area contributed by atoms with Crippen LogP contribution in [0.15, 0.2) is 12.7 Å². The smallest absolute Gasteiger partial charge is 0.137 e. The van der Waals surface area contributed by atoms with Gasteiger partial charge in [0.25, 0.3) is 0 Å². The number of piperidine rings is 1. The van der Waals surface area contributed by atoms with E-state index in [4.69, 9.17) is 0 Å². The third-order valence-electron chi connectivity index (χ3n) is 5.94. The summed E-state index contributed by atoms with van der Waals surface area (Å²) in [7, 11) is 0. The van der Waals surface area contributed by atoms with Gasteiger partial charge in [0.1, 0.15) is 12.7 Å². The molecule has 1 aliphatic carbocycles. The average molecular weight is 290 g/mol. The molecule has 118 valence electrons. The fourth-order valence-corrected chi connectivity index (χ4v) is 4.53. The molecule has 0 spiro atoms. The quantitative estimate of drug-likeness (QED) is 0.853. The van der Waals surface area contributed by atoms with Gasteiger partial charge in [-0.25, -0.2) is 4.98 Å². The fraction of sp³-hybridized carbons (Fsp3) is 0.882. The summed E-state index contributed by atoms with van der Waals surface area (Å²) in [6, 6.07) is 0.681. The number of hydrogen-bond acceptors (Lipinski definition) is 3. The Balaban J connectivity index is 1.75. The minimum Gasteiger partial charge on any atom is -0.301 e. The lowest BCUT2D eigenvalue weighted by atomic mass is 9.63. The highest BCUT2D eigenvalue weighted by molar-refractivity contribution is 4.93. The second-order valence-electron chi connectivity index (χ2n) is 7.42. The van der Waals surface area contributed by atoms with E-state index in [-0.39, 0.29) is 0 Å². The van der Waals surface area contributed by atoms with E-state index >= 15 is 0 Å². The Morgan fingerprint density at radius 1 is 1.14 bits per heavy atom. The molecule has 4 nitrogen and oxygen atoms in total. The van der Waals surface area contributed by atoms with Crippen LogP contribution in [0, 0.1) is 11.3 Å². The molecule has 1 aromatic rings. The van der Waals surface area contributed by atoms with E-state index in [1.807, 2.05) is 6.33 Å². The number of aromatic nitrogens is 3. The van der Waals surface area contributed by atoms with Gasteiger partial charge < -0.3 is 4.90 Å². The largest absolute Gasteiger partial charge is 0.301 e. The minimum absolute atomic E-state index is 0.458. The van der Waals surface area contributed by atoms with E-state index in [2.05, 4.69) is 33.5 Å². The summed E-state index contributed by atoms with van der Waals surface area (Å²) in [4.78, 5) is 6.79. The van der Waals surface area contributed by atoms with Crippen LogP contribution < -0.4 is 0 Å². The number of hydrogen-bond donors (Lipinski definition) is 0. The van der Waals surface area contributed by atoms with Crippen molar-refractivity contribution in [2.24, 2.45) is 11.3 Å². The van der Waals surface area contributed by atoms with E-state index in [1.54, 1.807) is 6.33 Å². The highest BCUT2D eigenvalue weighted by Gasteiger charge is 2.42. The number of rotatable bonds is 4. The van der Waals surface area contributed by atoms with Crippen molar-refractivity contribution < 1.29 is 0 Å². The van der Waals surface area contributed by atoms with Crippen molar-refractivity contribution in [3.63, 3.8) is 0 Å². The minimum atomic E-state index is 0.458. The maximum Gasteiger partial charge on any atom is 0.137 e. The molecule has 21 heavy (non-hydrogen) atoms. The SMILES string of the molecule is CC(C)N1CCC(Cn2cncn2)(C2CCCCC2)CC1. The monoisotopic (exact) mass is 290 g/mol. The average Bonchev–Trinajstić information content (AvgIpc) is 3.01. The maximum atomic E-state index is 4.40. The van der Waals surface area contributed by atoms with Gasteiger partial charge in [-0.2, -0.15) is 5.10 Å². The molecule has 4 heteroatoms. The Labute approximate surface area is 128 Å². The van der Waals surface area contributed by atoms with Crippen molar-refractivity contribution in [3.05, 3.63) is 12.7 Å². The van der Waals surface area contributed by atoms with Gasteiger partial charge in [0.15, 0.2) is 0 Å². The molecule has 0 aromatic carbocycles. The lowest BCUT2D eigenvalue weighted by molar-refractivity contribution is 0.00243. The Morgan fingerprint density at radius 2 is 1.86 bits per heavy atom. The summed E-state index contributed by atoms with van der Waals surface area (Å²) in [6.07, 6.45) is 13.4. The van der Waals surface area contributed by atoms with Crippen LogP contribution in [0.3, 0.4) is 0 Å². The molecule has 2 heterocycles. The van der Waals surface area contributed by atoms with E-state index in [9.17, 15) is 0 Å². The molecule has 0 amide bonds. The molecular formula is C17H30N4. The van der Waals surface area contributed by atoms with Crippen LogP contribution in [-0.4, -0.2) is 38.8 Å². The third kappa shape index (κ3) is 3.31. The first-order valence-corrected chi connectivity index (χ1v) is 8.76. The molecule has 0 radical (unpaired) electrons. The zero-order valence-electron chi connectivity index (χ0n) is 13.7. The van der Waals surface area contributed by atoms with Crippen LogP contribution in [-0.2, 0) is 6.54 Å². The first-order valence-electron chi connectivity index (χ1n) is 8.76. The fourth-order valence-electron chi connectivity index (χ4n) is 4.53. The molecule has 1 aromatic heterocycles. The Morgan fingerprint density at radius 3 is 2.43 bits per heavy atom. The van der Waals surface area contributed by atoms with Gasteiger partial charge in [-0.1, -0.05) is 19.3 Å². The van der Waals surface area contributed by atoms with Gasteiger partial charge in [-0.05, 0) is 64.0 Å². The molecule has 0 bridgehead atoms. The lowest BCUT2D eigenvalue weighted by Crippen LogP contribution is -2.48. The molecule has 2 aliphatic rings. The summed E-state index contributed by atoms with van der Waals surface area (Å²) >= 11 is 0. The third-order valence-corrected chi connectivity index (χ3v) is 5.94. The molecule has 0 N–H and O–H groups in total. The molecule has 1 saturated heterocycles. The second kappa shape index (κ2) is 6.47. The van der Waals surface area contributed by atoms with Crippen molar-refractivity contribution in [2.75, 3.05) is 13.1 Å². The van der Waals surface area contributed by atoms with Crippen LogP contribution in [0.1, 0.15) is 58.8 Å². The Bertz CT molecular complexity index is 412. The van der Waals surface area contributed by atoms with Crippen LogP contribution >= 0.6 is 0 Å². The highest BCUT2D eigenvalue weighted by Crippen LogP contribution is 2.47. The van der Waals surface area contributed by atoms with Crippen molar-refractivity contribution in [2.45, 2.75) is 71.4 Å². The van der Waals surface area contributed by atoms with Crippen molar-refractivity contribution in [3.8, 4) is 0 Å². The lowest BCUT2D eigenvalue weighted by Gasteiger charge is -2.48. The highest BCUT2D eigenvalue weighted by atomic mass is 15.3. The van der Waals surface area contributed by atoms with E-state index in [0.717, 1.165) is 12.5 Å². The topological polar surface area (TPSA) is 34.0 Å². The summed E-state index contributed by atoms with van der Waals surface area (Å²) in [5.41, 5.74) is 0.458. The normalized spacial score (nSPS) is 24.5. The van der Waals surface area contributed by atoms with Crippen LogP contribution in [0.2, 0.25) is 0 Å². The zero-order valence-corrected chi connectivity index (χ0v) is 13.7. The summed E-state index contributed by atoms with van der Waals surface area (Å²) < 4.78 is 2.08. The van der Waals surface area contributed by atoms with Gasteiger partial charge in [0.2, 0.25) is 0 Å². The predicted molar refractivity (Wildman–Crippen MR) is 85.0 cm³/mol. The Hall–Kier alpha value is -0.900. The van der Waals surface area contributed by atoms with Crippen molar-refractivity contribution in [1.29, 1.82) is 0 Å². The summed E-state index contributed by atoms with van der Waals surface area (Å²) in [6.45, 7) is 8.23. The molecule has 1 saturated carbocycles. The number of nitrogens with zero attached hydrogens (tertiary/aromatic N) is 4. The summed E-state index contributed by atoms with van der Waals surface area (Å²) in [5, 5.41) is 4.40. The standard InChI is InChI=1S/C17H30N4/c1-15(2)20-10-8-17(9-11-20,12-21-14-18-13-19-21)16-6-4-3-5-7-16/h13-16H,3-12H2,1-2H3. The second-order valence-corrected chi connectivity index (χ2v) is 7.42. The first-order chi connectivity index (χ1) is 10.2. The first kappa shape index (κ1) is 15.0. The van der Waals surface area contributed by atoms with Crippen LogP contribution in [0.5, 0.6) is 0 Å². The van der Waals surface area contributed by atoms with Gasteiger partial charge in [-0.15, -0.1) is 0 Å². The van der Waals surface area contributed by atoms with Crippen molar-refractivity contribution >= 4 is 0 Å². The van der Waals surface area contributed by atoms with Crippen LogP contribution in [0.4, 0.5) is 0 Å². The number of likely N-dealkylation sites (tertiary alicyclic amines) is 1. The van der Waals surface area contributed by atoms with Gasteiger partial charge in [-0.3, -0.25) is 4.68 Å². The Kier molecular flexibility index (Phi) is 4.63. The molecular weight excluding hydrogens is 260 g/mol. The van der Waals surface area contributed by atoms with Gasteiger partial charge in [0, 0.05) is 12.6 Å². The molecule has 0 unspecified atom stereocenters. The maximum absolute atomic E-state index is 4.40. The molecule has 2 fully saturated rings. The zero-order chi connectivity index (χ0) is 14.7. The predicted octanol–water partition coefficient (Wildman–Crippen LogP) is 3.35. The van der Waals surface area contributed by atoms with Gasteiger partial charge in [0.05, 0.1) is 0 Å². The van der Waals surface area contributed by atoms with Gasteiger partial charge >= 0.3 is 0 Å². The van der Waals surface area contributed by atoms with Crippen molar-refractivity contribution in [1.82, 2.24) is 19.7 Å². The molecule has 0 atom stereocenters. The van der Waals surface area contributed by atoms with Crippen LogP contribution in [0.25, 0.3) is 0 Å². The summed E-state index contributed by atoms with van der Waals surface area (Å²) in [5.74, 6) is 0.893. The van der Waals surface area contributed by atoms with E-state index in [0.29, 0.717) is 11.5 Å². The van der Waals surface area contributed by atoms with E-state index < -0.39 is 0 Å². The molecule has 1 aliphatic heterocycles.